The molecule has 78 valence electrons. The van der Waals surface area contributed by atoms with Crippen LogP contribution >= 0.6 is 0 Å². The molecule has 0 spiro atoms. The van der Waals surface area contributed by atoms with Gasteiger partial charge in [0, 0.05) is 18.9 Å². The molecule has 2 saturated carbocycles. The van der Waals surface area contributed by atoms with E-state index in [-0.39, 0.29) is 17.7 Å². The minimum absolute atomic E-state index is 0.0353. The number of rotatable bonds is 4. The number of Topliss-reactive ketones (excluding diaryl/α,β-unsaturated/α-hetero) is 1. The Balaban J connectivity index is 1.76. The van der Waals surface area contributed by atoms with E-state index >= 15 is 0 Å². The Kier molecular flexibility index (Phi) is 2.57. The van der Waals surface area contributed by atoms with Gasteiger partial charge in [0.2, 0.25) is 5.91 Å². The monoisotopic (exact) mass is 195 g/mol. The normalized spacial score (nSPS) is 34.1. The van der Waals surface area contributed by atoms with Crippen LogP contribution in [0.15, 0.2) is 0 Å². The molecule has 2 aliphatic carbocycles. The van der Waals surface area contributed by atoms with Crippen LogP contribution in [0.4, 0.5) is 0 Å². The zero-order valence-electron chi connectivity index (χ0n) is 8.58. The van der Waals surface area contributed by atoms with Gasteiger partial charge in [-0.05, 0) is 18.8 Å². The van der Waals surface area contributed by atoms with Crippen molar-refractivity contribution in [2.45, 2.75) is 32.6 Å². The van der Waals surface area contributed by atoms with Crippen molar-refractivity contribution in [3.05, 3.63) is 0 Å². The van der Waals surface area contributed by atoms with Crippen LogP contribution < -0.4 is 5.32 Å². The average Bonchev–Trinajstić information content (AvgIpc) is 2.79. The fourth-order valence-corrected chi connectivity index (χ4v) is 2.51. The Hall–Kier alpha value is -0.860. The molecular weight excluding hydrogens is 178 g/mol. The number of amides is 1. The Morgan fingerprint density at radius 2 is 2.36 bits per heavy atom. The maximum Gasteiger partial charge on any atom is 0.224 e. The second-order valence-corrected chi connectivity index (χ2v) is 4.36. The Bertz CT molecular complexity index is 262. The summed E-state index contributed by atoms with van der Waals surface area (Å²) < 4.78 is 0. The molecule has 3 nitrogen and oxygen atoms in total. The summed E-state index contributed by atoms with van der Waals surface area (Å²) in [6.07, 6.45) is 3.77. The zero-order chi connectivity index (χ0) is 10.1. The van der Waals surface area contributed by atoms with E-state index in [1.54, 1.807) is 0 Å². The lowest BCUT2D eigenvalue weighted by atomic mass is 10.1. The molecule has 2 aliphatic rings. The molecule has 0 heterocycles. The number of ketones is 1. The van der Waals surface area contributed by atoms with E-state index in [9.17, 15) is 9.59 Å². The molecule has 2 fully saturated rings. The van der Waals surface area contributed by atoms with Gasteiger partial charge in [0.1, 0.15) is 5.78 Å². The predicted molar refractivity (Wildman–Crippen MR) is 52.6 cm³/mol. The van der Waals surface area contributed by atoms with E-state index in [1.165, 1.54) is 0 Å². The summed E-state index contributed by atoms with van der Waals surface area (Å²) in [5.41, 5.74) is 0. The maximum atomic E-state index is 11.6. The molecule has 0 unspecified atom stereocenters. The zero-order valence-corrected chi connectivity index (χ0v) is 8.58. The van der Waals surface area contributed by atoms with Crippen LogP contribution in [-0.4, -0.2) is 18.2 Å². The van der Waals surface area contributed by atoms with Crippen molar-refractivity contribution in [3.63, 3.8) is 0 Å². The fraction of sp³-hybridized carbons (Fsp3) is 0.818. The van der Waals surface area contributed by atoms with E-state index in [0.717, 1.165) is 25.8 Å². The van der Waals surface area contributed by atoms with E-state index in [1.807, 2.05) is 0 Å². The van der Waals surface area contributed by atoms with Gasteiger partial charge in [-0.25, -0.2) is 0 Å². The highest BCUT2D eigenvalue weighted by atomic mass is 16.2. The highest BCUT2D eigenvalue weighted by molar-refractivity contribution is 5.96. The number of carbonyl (C=O) groups excluding carboxylic acids is 2. The largest absolute Gasteiger partial charge is 0.356 e. The van der Waals surface area contributed by atoms with Crippen molar-refractivity contribution in [3.8, 4) is 0 Å². The van der Waals surface area contributed by atoms with Crippen LogP contribution in [0.5, 0.6) is 0 Å². The van der Waals surface area contributed by atoms with Gasteiger partial charge in [-0.15, -0.1) is 0 Å². The third-order valence-electron chi connectivity index (χ3n) is 3.40. The second-order valence-electron chi connectivity index (χ2n) is 4.36. The quantitative estimate of drug-likeness (QED) is 0.683. The third kappa shape index (κ3) is 1.56. The molecule has 3 heteroatoms. The molecule has 0 saturated heterocycles. The number of hydrogen-bond donors (Lipinski definition) is 1. The van der Waals surface area contributed by atoms with Gasteiger partial charge < -0.3 is 5.32 Å². The van der Waals surface area contributed by atoms with E-state index < -0.39 is 0 Å². The average molecular weight is 195 g/mol. The molecule has 2 rings (SSSR count). The summed E-state index contributed by atoms with van der Waals surface area (Å²) in [6, 6.07) is 0. The van der Waals surface area contributed by atoms with Gasteiger partial charge in [-0.1, -0.05) is 13.3 Å². The molecule has 0 radical (unpaired) electrons. The van der Waals surface area contributed by atoms with Gasteiger partial charge in [-0.2, -0.15) is 0 Å². The van der Waals surface area contributed by atoms with Crippen molar-refractivity contribution in [1.29, 1.82) is 0 Å². The lowest BCUT2D eigenvalue weighted by molar-refractivity contribution is -0.126. The summed E-state index contributed by atoms with van der Waals surface area (Å²) in [5.74, 6) is 0.945. The topological polar surface area (TPSA) is 46.2 Å². The highest BCUT2D eigenvalue weighted by Crippen LogP contribution is 2.55. The van der Waals surface area contributed by atoms with Crippen LogP contribution in [0.2, 0.25) is 0 Å². The summed E-state index contributed by atoms with van der Waals surface area (Å²) in [5, 5.41) is 2.90. The first-order chi connectivity index (χ1) is 6.75. The smallest absolute Gasteiger partial charge is 0.224 e. The summed E-state index contributed by atoms with van der Waals surface area (Å²) in [4.78, 5) is 22.9. The van der Waals surface area contributed by atoms with Gasteiger partial charge >= 0.3 is 0 Å². The third-order valence-corrected chi connectivity index (χ3v) is 3.40. The van der Waals surface area contributed by atoms with Crippen LogP contribution in [0, 0.1) is 17.8 Å². The fourth-order valence-electron chi connectivity index (χ4n) is 2.51. The minimum atomic E-state index is 0.0353. The lowest BCUT2D eigenvalue weighted by Gasteiger charge is -2.04. The number of hydrogen-bond acceptors (Lipinski definition) is 2. The van der Waals surface area contributed by atoms with Crippen molar-refractivity contribution >= 4 is 11.7 Å². The first-order valence-electron chi connectivity index (χ1n) is 5.56. The Morgan fingerprint density at radius 3 is 2.93 bits per heavy atom. The summed E-state index contributed by atoms with van der Waals surface area (Å²) in [6.45, 7) is 2.86. The van der Waals surface area contributed by atoms with E-state index in [4.69, 9.17) is 0 Å². The predicted octanol–water partition coefficient (Wildman–Crippen LogP) is 1.13. The first kappa shape index (κ1) is 9.69. The number of unbranched alkanes of at least 4 members (excludes halogenated alkanes) is 1. The van der Waals surface area contributed by atoms with Gasteiger partial charge in [-0.3, -0.25) is 9.59 Å². The molecular formula is C11H17NO2. The lowest BCUT2D eigenvalue weighted by Crippen LogP contribution is -2.28. The van der Waals surface area contributed by atoms with Gasteiger partial charge in [0.15, 0.2) is 0 Å². The molecule has 0 aromatic carbocycles. The van der Waals surface area contributed by atoms with Crippen molar-refractivity contribution in [1.82, 2.24) is 5.32 Å². The molecule has 1 amide bonds. The molecule has 0 aromatic heterocycles. The second kappa shape index (κ2) is 3.71. The first-order valence-corrected chi connectivity index (χ1v) is 5.56. The van der Waals surface area contributed by atoms with Gasteiger partial charge in [0.25, 0.3) is 0 Å². The standard InChI is InChI=1S/C11H17NO2/c1-2-3-6-12-11(14)10-7-4-5-8(13)9(7)10/h7,9-10H,2-6H2,1H3,(H,12,14)/t7-,9-,10+/m1/s1. The van der Waals surface area contributed by atoms with Gasteiger partial charge in [0.05, 0.1) is 5.92 Å². The summed E-state index contributed by atoms with van der Waals surface area (Å²) in [7, 11) is 0. The number of carbonyl (C=O) groups is 2. The molecule has 14 heavy (non-hydrogen) atoms. The Morgan fingerprint density at radius 1 is 1.57 bits per heavy atom. The molecule has 1 N–H and O–H groups in total. The van der Waals surface area contributed by atoms with Crippen LogP contribution in [-0.2, 0) is 9.59 Å². The SMILES string of the molecule is CCCCNC(=O)[C@H]1[C@@H]2CCC(=O)[C@@H]21. The summed E-state index contributed by atoms with van der Waals surface area (Å²) >= 11 is 0. The molecule has 0 bridgehead atoms. The minimum Gasteiger partial charge on any atom is -0.356 e. The molecule has 0 aliphatic heterocycles. The van der Waals surface area contributed by atoms with Crippen molar-refractivity contribution in [2.75, 3.05) is 6.54 Å². The number of nitrogens with one attached hydrogen (secondary N) is 1. The maximum absolute atomic E-state index is 11.6. The molecule has 0 aromatic rings. The van der Waals surface area contributed by atoms with Crippen LogP contribution in [0.1, 0.15) is 32.6 Å². The Labute approximate surface area is 84.2 Å². The van der Waals surface area contributed by atoms with Crippen molar-refractivity contribution < 1.29 is 9.59 Å². The van der Waals surface area contributed by atoms with Crippen LogP contribution in [0.3, 0.4) is 0 Å². The highest BCUT2D eigenvalue weighted by Gasteiger charge is 2.61. The molecule has 3 atom stereocenters. The van der Waals surface area contributed by atoms with E-state index in [0.29, 0.717) is 18.1 Å². The van der Waals surface area contributed by atoms with Crippen molar-refractivity contribution in [2.24, 2.45) is 17.8 Å². The van der Waals surface area contributed by atoms with E-state index in [2.05, 4.69) is 12.2 Å². The van der Waals surface area contributed by atoms with Crippen LogP contribution in [0.25, 0.3) is 0 Å². The number of fused-ring (bicyclic) bond motifs is 1.